The van der Waals surface area contributed by atoms with Crippen molar-refractivity contribution >= 4 is 39.1 Å². The summed E-state index contributed by atoms with van der Waals surface area (Å²) in [4.78, 5) is 14.2. The molecule has 0 aliphatic heterocycles. The Bertz CT molecular complexity index is 670. The van der Waals surface area contributed by atoms with Crippen LogP contribution in [-0.4, -0.2) is 13.0 Å². The normalized spacial score (nSPS) is 10.4. The predicted molar refractivity (Wildman–Crippen MR) is 87.8 cm³/mol. The second kappa shape index (κ2) is 5.98. The third-order valence-corrected chi connectivity index (χ3v) is 4.01. The number of rotatable bonds is 2. The Morgan fingerprint density at radius 1 is 1.15 bits per heavy atom. The summed E-state index contributed by atoms with van der Waals surface area (Å²) in [5.41, 5.74) is 3.55. The van der Waals surface area contributed by atoms with Gasteiger partial charge in [0.1, 0.15) is 0 Å². The summed E-state index contributed by atoms with van der Waals surface area (Å²) in [6, 6.07) is 11.3. The summed E-state index contributed by atoms with van der Waals surface area (Å²) < 4.78 is 0.833. The quantitative estimate of drug-likeness (QED) is 0.745. The van der Waals surface area contributed by atoms with Gasteiger partial charge in [0.15, 0.2) is 0 Å². The number of carbonyl (C=O) groups is 1. The molecule has 0 fully saturated rings. The highest BCUT2D eigenvalue weighted by molar-refractivity contribution is 9.10. The van der Waals surface area contributed by atoms with E-state index in [9.17, 15) is 4.79 Å². The highest BCUT2D eigenvalue weighted by atomic mass is 79.9. The molecular weight excluding hydrogens is 338 g/mol. The lowest BCUT2D eigenvalue weighted by Gasteiger charge is -2.21. The molecule has 0 bridgehead atoms. The summed E-state index contributed by atoms with van der Waals surface area (Å²) in [6.07, 6.45) is 0. The van der Waals surface area contributed by atoms with E-state index in [4.69, 9.17) is 11.6 Å². The van der Waals surface area contributed by atoms with E-state index in [1.165, 1.54) is 0 Å². The average Bonchev–Trinajstić information content (AvgIpc) is 2.42. The molecule has 2 aromatic carbocycles. The molecule has 104 valence electrons. The molecule has 0 aromatic heterocycles. The summed E-state index contributed by atoms with van der Waals surface area (Å²) in [7, 11) is 1.77. The Hall–Kier alpha value is -1.32. The minimum Gasteiger partial charge on any atom is -0.311 e. The summed E-state index contributed by atoms with van der Waals surface area (Å²) >= 11 is 9.49. The van der Waals surface area contributed by atoms with E-state index in [-0.39, 0.29) is 5.91 Å². The zero-order valence-electron chi connectivity index (χ0n) is 11.6. The van der Waals surface area contributed by atoms with Gasteiger partial charge in [-0.3, -0.25) is 4.79 Å². The lowest BCUT2D eigenvalue weighted by atomic mass is 10.1. The summed E-state index contributed by atoms with van der Waals surface area (Å²) in [6.45, 7) is 3.99. The van der Waals surface area contributed by atoms with Crippen molar-refractivity contribution in [2.75, 3.05) is 11.9 Å². The fraction of sp³-hybridized carbons (Fsp3) is 0.188. The zero-order chi connectivity index (χ0) is 14.9. The molecule has 4 heteroatoms. The van der Waals surface area contributed by atoms with E-state index in [2.05, 4.69) is 15.9 Å². The SMILES string of the molecule is Cc1ccc(C)c(N(C)C(=O)c2cc(Br)ccc2Cl)c1. The predicted octanol–water partition coefficient (Wildman–Crippen LogP) is 5.00. The largest absolute Gasteiger partial charge is 0.311 e. The van der Waals surface area contributed by atoms with Gasteiger partial charge in [-0.05, 0) is 49.2 Å². The van der Waals surface area contributed by atoms with E-state index in [0.29, 0.717) is 10.6 Å². The van der Waals surface area contributed by atoms with Crippen LogP contribution in [0.1, 0.15) is 21.5 Å². The molecule has 0 N–H and O–H groups in total. The Labute approximate surface area is 132 Å². The van der Waals surface area contributed by atoms with Crippen molar-refractivity contribution in [1.29, 1.82) is 0 Å². The van der Waals surface area contributed by atoms with Gasteiger partial charge in [0.05, 0.1) is 10.6 Å². The van der Waals surface area contributed by atoms with Gasteiger partial charge in [0, 0.05) is 17.2 Å². The number of aryl methyl sites for hydroxylation is 2. The van der Waals surface area contributed by atoms with Crippen molar-refractivity contribution in [2.45, 2.75) is 13.8 Å². The fourth-order valence-electron chi connectivity index (χ4n) is 2.03. The third-order valence-electron chi connectivity index (χ3n) is 3.19. The smallest absolute Gasteiger partial charge is 0.259 e. The van der Waals surface area contributed by atoms with Crippen LogP contribution in [0, 0.1) is 13.8 Å². The van der Waals surface area contributed by atoms with Crippen molar-refractivity contribution in [2.24, 2.45) is 0 Å². The molecule has 0 unspecified atom stereocenters. The highest BCUT2D eigenvalue weighted by Crippen LogP contribution is 2.26. The molecular formula is C16H15BrClNO. The molecule has 2 rings (SSSR count). The van der Waals surface area contributed by atoms with Crippen LogP contribution in [0.25, 0.3) is 0 Å². The van der Waals surface area contributed by atoms with Crippen molar-refractivity contribution in [3.63, 3.8) is 0 Å². The number of benzene rings is 2. The van der Waals surface area contributed by atoms with Gasteiger partial charge in [-0.2, -0.15) is 0 Å². The van der Waals surface area contributed by atoms with Crippen LogP contribution in [0.3, 0.4) is 0 Å². The Morgan fingerprint density at radius 2 is 1.85 bits per heavy atom. The molecule has 2 nitrogen and oxygen atoms in total. The first-order valence-corrected chi connectivity index (χ1v) is 7.37. The molecule has 2 aromatic rings. The summed E-state index contributed by atoms with van der Waals surface area (Å²) in [5, 5.41) is 0.454. The monoisotopic (exact) mass is 351 g/mol. The van der Waals surface area contributed by atoms with Crippen molar-refractivity contribution in [3.05, 3.63) is 62.6 Å². The maximum absolute atomic E-state index is 12.6. The molecule has 0 saturated carbocycles. The van der Waals surface area contributed by atoms with E-state index in [0.717, 1.165) is 21.3 Å². The highest BCUT2D eigenvalue weighted by Gasteiger charge is 2.18. The van der Waals surface area contributed by atoms with E-state index in [1.54, 1.807) is 24.1 Å². The van der Waals surface area contributed by atoms with Crippen LogP contribution >= 0.6 is 27.5 Å². The molecule has 0 radical (unpaired) electrons. The number of hydrogen-bond acceptors (Lipinski definition) is 1. The first kappa shape index (κ1) is 15.1. The molecule has 1 amide bonds. The Morgan fingerprint density at radius 3 is 2.55 bits per heavy atom. The lowest BCUT2D eigenvalue weighted by Crippen LogP contribution is -2.27. The van der Waals surface area contributed by atoms with Crippen molar-refractivity contribution in [3.8, 4) is 0 Å². The standard InChI is InChI=1S/C16H15BrClNO/c1-10-4-5-11(2)15(8-10)19(3)16(20)13-9-12(17)6-7-14(13)18/h4-9H,1-3H3. The van der Waals surface area contributed by atoms with Gasteiger partial charge in [0.25, 0.3) is 5.91 Å². The molecule has 0 aliphatic carbocycles. The number of anilines is 1. The first-order valence-electron chi connectivity index (χ1n) is 6.20. The number of amides is 1. The van der Waals surface area contributed by atoms with Crippen LogP contribution in [0.4, 0.5) is 5.69 Å². The number of carbonyl (C=O) groups excluding carboxylic acids is 1. The van der Waals surface area contributed by atoms with Gasteiger partial charge in [0.2, 0.25) is 0 Å². The minimum atomic E-state index is -0.120. The van der Waals surface area contributed by atoms with Crippen molar-refractivity contribution in [1.82, 2.24) is 0 Å². The van der Waals surface area contributed by atoms with E-state index >= 15 is 0 Å². The molecule has 0 aliphatic rings. The topological polar surface area (TPSA) is 20.3 Å². The maximum Gasteiger partial charge on any atom is 0.259 e. The zero-order valence-corrected chi connectivity index (χ0v) is 13.9. The van der Waals surface area contributed by atoms with Crippen LogP contribution < -0.4 is 4.90 Å². The van der Waals surface area contributed by atoms with Crippen LogP contribution in [0.2, 0.25) is 5.02 Å². The van der Waals surface area contributed by atoms with Crippen LogP contribution in [0.15, 0.2) is 40.9 Å². The van der Waals surface area contributed by atoms with Crippen molar-refractivity contribution < 1.29 is 4.79 Å². The van der Waals surface area contributed by atoms with Gasteiger partial charge in [-0.15, -0.1) is 0 Å². The minimum absolute atomic E-state index is 0.120. The molecule has 20 heavy (non-hydrogen) atoms. The number of halogens is 2. The number of nitrogens with zero attached hydrogens (tertiary/aromatic N) is 1. The molecule has 0 saturated heterocycles. The molecule has 0 atom stereocenters. The lowest BCUT2D eigenvalue weighted by molar-refractivity contribution is 0.0993. The summed E-state index contributed by atoms with van der Waals surface area (Å²) in [5.74, 6) is -0.120. The number of hydrogen-bond donors (Lipinski definition) is 0. The second-order valence-electron chi connectivity index (χ2n) is 4.78. The van der Waals surface area contributed by atoms with Gasteiger partial charge >= 0.3 is 0 Å². The fourth-order valence-corrected chi connectivity index (χ4v) is 2.59. The van der Waals surface area contributed by atoms with Gasteiger partial charge in [-0.1, -0.05) is 39.7 Å². The van der Waals surface area contributed by atoms with Gasteiger partial charge < -0.3 is 4.90 Å². The molecule has 0 spiro atoms. The van der Waals surface area contributed by atoms with E-state index in [1.807, 2.05) is 38.1 Å². The van der Waals surface area contributed by atoms with Crippen LogP contribution in [0.5, 0.6) is 0 Å². The van der Waals surface area contributed by atoms with E-state index < -0.39 is 0 Å². The maximum atomic E-state index is 12.6. The second-order valence-corrected chi connectivity index (χ2v) is 6.10. The first-order chi connectivity index (χ1) is 9.40. The Kier molecular flexibility index (Phi) is 4.51. The average molecular weight is 353 g/mol. The van der Waals surface area contributed by atoms with Gasteiger partial charge in [-0.25, -0.2) is 0 Å². The van der Waals surface area contributed by atoms with Crippen LogP contribution in [-0.2, 0) is 0 Å². The molecule has 0 heterocycles. The Balaban J connectivity index is 2.42. The third kappa shape index (κ3) is 3.05.